The molecule has 0 atom stereocenters. The second kappa shape index (κ2) is 22.6. The van der Waals surface area contributed by atoms with Crippen LogP contribution in [0.5, 0.6) is 17.2 Å². The first-order valence-electron chi connectivity index (χ1n) is 19.2. The van der Waals surface area contributed by atoms with Crippen molar-refractivity contribution in [3.63, 3.8) is 0 Å². The predicted molar refractivity (Wildman–Crippen MR) is 207 cm³/mol. The lowest BCUT2D eigenvalue weighted by Gasteiger charge is -2.18. The van der Waals surface area contributed by atoms with Crippen molar-refractivity contribution in [1.29, 1.82) is 0 Å². The Hall–Kier alpha value is -5.39. The van der Waals surface area contributed by atoms with Gasteiger partial charge in [0.25, 0.3) is 11.8 Å². The molecule has 290 valence electrons. The number of methoxy groups -OCH3 is 1. The topological polar surface area (TPSA) is 151 Å². The summed E-state index contributed by atoms with van der Waals surface area (Å²) in [5, 5.41) is 8.63. The minimum atomic E-state index is -0.545. The van der Waals surface area contributed by atoms with Crippen LogP contribution in [0, 0.1) is 0 Å². The monoisotopic (exact) mass is 742 g/mol. The fourth-order valence-electron chi connectivity index (χ4n) is 5.54. The number of nitrogens with zero attached hydrogens (tertiary/aromatic N) is 2. The first kappa shape index (κ1) is 41.4. The van der Waals surface area contributed by atoms with E-state index in [0.29, 0.717) is 59.3 Å². The lowest BCUT2D eigenvalue weighted by Crippen LogP contribution is -2.41. The van der Waals surface area contributed by atoms with E-state index >= 15 is 0 Å². The molecule has 0 aliphatic carbocycles. The van der Waals surface area contributed by atoms with E-state index in [9.17, 15) is 14.4 Å². The largest absolute Gasteiger partial charge is 0.490 e. The lowest BCUT2D eigenvalue weighted by atomic mass is 10.1. The van der Waals surface area contributed by atoms with Crippen LogP contribution >= 0.6 is 0 Å². The Balaban J connectivity index is 1.48. The maximum atomic E-state index is 12.8. The summed E-state index contributed by atoms with van der Waals surface area (Å²) < 4.78 is 29.8. The Morgan fingerprint density at radius 2 is 0.981 bits per heavy atom. The zero-order chi connectivity index (χ0) is 38.5. The number of carbonyl (C=O) groups excluding carboxylic acids is 3. The van der Waals surface area contributed by atoms with E-state index in [1.807, 2.05) is 12.1 Å². The Morgan fingerprint density at radius 3 is 1.44 bits per heavy atom. The SMILES string of the molecule is CCCCCCOc1cc(-c2nnc(-c3ccc(C(=O)NNC(=O)c4ccc(C(=O)OC)cc4)cc3)o2)cc(OCCCCCC)c1OCCCCCC. The smallest absolute Gasteiger partial charge is 0.337 e. The molecule has 0 aliphatic rings. The molecule has 0 fully saturated rings. The Labute approximate surface area is 318 Å². The summed E-state index contributed by atoms with van der Waals surface area (Å²) in [4.78, 5) is 36.9. The van der Waals surface area contributed by atoms with Crippen LogP contribution in [0.25, 0.3) is 22.9 Å². The van der Waals surface area contributed by atoms with Gasteiger partial charge in [0.15, 0.2) is 11.5 Å². The maximum absolute atomic E-state index is 12.8. The molecule has 0 radical (unpaired) electrons. The highest BCUT2D eigenvalue weighted by Gasteiger charge is 2.21. The number of amides is 2. The third-order valence-electron chi connectivity index (χ3n) is 8.70. The van der Waals surface area contributed by atoms with Gasteiger partial charge in [-0.3, -0.25) is 20.4 Å². The predicted octanol–water partition coefficient (Wildman–Crippen LogP) is 9.14. The first-order chi connectivity index (χ1) is 26.4. The van der Waals surface area contributed by atoms with Crippen molar-refractivity contribution in [3.05, 3.63) is 77.4 Å². The highest BCUT2D eigenvalue weighted by Crippen LogP contribution is 2.42. The zero-order valence-electron chi connectivity index (χ0n) is 32.0. The standard InChI is InChI=1S/C42H54N4O8/c1-5-8-11-14-25-51-35-28-34(29-36(52-26-15-12-9-6-2)37(35)53-27-16-13-10-7-3)41-46-45-40(54-41)32-21-17-30(18-22-32)38(47)43-44-39(48)31-19-23-33(24-20-31)42(49)50-4/h17-24,28-29H,5-16,25-27H2,1-4H3,(H,43,47)(H,44,48). The molecule has 0 saturated carbocycles. The van der Waals surface area contributed by atoms with E-state index < -0.39 is 17.8 Å². The molecule has 0 spiro atoms. The van der Waals surface area contributed by atoms with Gasteiger partial charge >= 0.3 is 5.97 Å². The van der Waals surface area contributed by atoms with Gasteiger partial charge in [0.1, 0.15) is 0 Å². The van der Waals surface area contributed by atoms with Crippen molar-refractivity contribution in [1.82, 2.24) is 21.0 Å². The quantitative estimate of drug-likeness (QED) is 0.0428. The summed E-state index contributed by atoms with van der Waals surface area (Å²) in [6, 6.07) is 16.2. The number of rotatable bonds is 23. The fourth-order valence-corrected chi connectivity index (χ4v) is 5.54. The molecule has 0 bridgehead atoms. The normalized spacial score (nSPS) is 10.8. The molecule has 0 saturated heterocycles. The fraction of sp³-hybridized carbons (Fsp3) is 0.452. The minimum absolute atomic E-state index is 0.256. The summed E-state index contributed by atoms with van der Waals surface area (Å²) in [7, 11) is 1.28. The Kier molecular flexibility index (Phi) is 17.3. The highest BCUT2D eigenvalue weighted by molar-refractivity contribution is 6.00. The maximum Gasteiger partial charge on any atom is 0.337 e. The molecule has 0 aliphatic heterocycles. The Morgan fingerprint density at radius 1 is 0.556 bits per heavy atom. The molecule has 54 heavy (non-hydrogen) atoms. The summed E-state index contributed by atoms with van der Waals surface area (Å²) in [6.45, 7) is 8.22. The summed E-state index contributed by atoms with van der Waals surface area (Å²) in [6.07, 6.45) is 13.0. The van der Waals surface area contributed by atoms with Crippen LogP contribution in [-0.2, 0) is 4.74 Å². The average Bonchev–Trinajstić information content (AvgIpc) is 3.70. The van der Waals surface area contributed by atoms with Gasteiger partial charge in [-0.25, -0.2) is 4.79 Å². The number of hydrogen-bond donors (Lipinski definition) is 2. The van der Waals surface area contributed by atoms with E-state index in [1.54, 1.807) is 24.3 Å². The van der Waals surface area contributed by atoms with Crippen molar-refractivity contribution < 1.29 is 37.7 Å². The van der Waals surface area contributed by atoms with Crippen molar-refractivity contribution in [2.45, 2.75) is 97.8 Å². The van der Waals surface area contributed by atoms with Crippen molar-refractivity contribution in [3.8, 4) is 40.2 Å². The van der Waals surface area contributed by atoms with Crippen LogP contribution in [-0.4, -0.2) is 54.9 Å². The van der Waals surface area contributed by atoms with Crippen LogP contribution in [0.15, 0.2) is 65.1 Å². The number of carbonyl (C=O) groups is 3. The van der Waals surface area contributed by atoms with E-state index in [0.717, 1.165) is 77.0 Å². The number of hydrazine groups is 1. The third kappa shape index (κ3) is 12.6. The number of nitrogens with one attached hydrogen (secondary N) is 2. The number of unbranched alkanes of at least 4 members (excludes halogenated alkanes) is 9. The Bertz CT molecular complexity index is 1720. The van der Waals surface area contributed by atoms with E-state index in [1.165, 1.54) is 31.4 Å². The number of benzene rings is 3. The summed E-state index contributed by atoms with van der Waals surface area (Å²) in [5.74, 6) is 0.745. The van der Waals surface area contributed by atoms with E-state index in [2.05, 4.69) is 46.6 Å². The van der Waals surface area contributed by atoms with Crippen LogP contribution in [0.2, 0.25) is 0 Å². The third-order valence-corrected chi connectivity index (χ3v) is 8.70. The molecule has 0 unspecified atom stereocenters. The van der Waals surface area contributed by atoms with Crippen molar-refractivity contribution in [2.24, 2.45) is 0 Å². The molecule has 1 heterocycles. The molecule has 4 rings (SSSR count). The summed E-state index contributed by atoms with van der Waals surface area (Å²) >= 11 is 0. The second-order valence-corrected chi connectivity index (χ2v) is 13.0. The highest BCUT2D eigenvalue weighted by atomic mass is 16.5. The van der Waals surface area contributed by atoms with Crippen molar-refractivity contribution in [2.75, 3.05) is 26.9 Å². The molecule has 2 N–H and O–H groups in total. The zero-order valence-corrected chi connectivity index (χ0v) is 32.0. The number of aromatic nitrogens is 2. The number of hydrogen-bond acceptors (Lipinski definition) is 10. The van der Waals surface area contributed by atoms with Crippen LogP contribution in [0.4, 0.5) is 0 Å². The molecular formula is C42H54N4O8. The van der Waals surface area contributed by atoms with Gasteiger partial charge < -0.3 is 23.4 Å². The van der Waals surface area contributed by atoms with Gasteiger partial charge in [0, 0.05) is 22.3 Å². The summed E-state index contributed by atoms with van der Waals surface area (Å²) in [5.41, 5.74) is 6.89. The van der Waals surface area contributed by atoms with Gasteiger partial charge in [-0.05, 0) is 79.9 Å². The van der Waals surface area contributed by atoms with Gasteiger partial charge in [0.05, 0.1) is 32.5 Å². The molecule has 3 aromatic carbocycles. The van der Waals surface area contributed by atoms with E-state index in [-0.39, 0.29) is 17.3 Å². The van der Waals surface area contributed by atoms with Gasteiger partial charge in [-0.15, -0.1) is 10.2 Å². The molecule has 12 nitrogen and oxygen atoms in total. The van der Waals surface area contributed by atoms with Crippen LogP contribution in [0.1, 0.15) is 129 Å². The van der Waals surface area contributed by atoms with Crippen LogP contribution < -0.4 is 25.1 Å². The molecular weight excluding hydrogens is 688 g/mol. The lowest BCUT2D eigenvalue weighted by molar-refractivity contribution is 0.0600. The molecule has 4 aromatic rings. The molecule has 2 amide bonds. The van der Waals surface area contributed by atoms with Gasteiger partial charge in [-0.1, -0.05) is 78.6 Å². The van der Waals surface area contributed by atoms with Gasteiger partial charge in [0.2, 0.25) is 17.5 Å². The minimum Gasteiger partial charge on any atom is -0.490 e. The molecule has 1 aromatic heterocycles. The molecule has 12 heteroatoms. The van der Waals surface area contributed by atoms with Crippen LogP contribution in [0.3, 0.4) is 0 Å². The van der Waals surface area contributed by atoms with Crippen molar-refractivity contribution >= 4 is 17.8 Å². The van der Waals surface area contributed by atoms with E-state index in [4.69, 9.17) is 18.6 Å². The number of ether oxygens (including phenoxy) is 4. The second-order valence-electron chi connectivity index (χ2n) is 13.0. The number of esters is 1. The average molecular weight is 743 g/mol. The first-order valence-corrected chi connectivity index (χ1v) is 19.2. The van der Waals surface area contributed by atoms with Gasteiger partial charge in [-0.2, -0.15) is 0 Å².